The molecule has 6 rings (SSSR count). The lowest BCUT2D eigenvalue weighted by atomic mass is 9.69. The first-order valence-corrected chi connectivity index (χ1v) is 13.8. The maximum atomic E-state index is 12.2. The number of likely N-dealkylation sites (tertiary alicyclic amines) is 1. The number of carboxylic acids is 2. The first-order valence-electron chi connectivity index (χ1n) is 13.8. The number of benzene rings is 2. The molecule has 3 aliphatic rings. The van der Waals surface area contributed by atoms with Crippen molar-refractivity contribution in [3.8, 4) is 22.5 Å². The fourth-order valence-corrected chi connectivity index (χ4v) is 6.79. The zero-order chi connectivity index (χ0) is 26.9. The number of nitrogens with zero attached hydrogens (tertiary/aromatic N) is 5. The molecule has 3 heterocycles. The van der Waals surface area contributed by atoms with Gasteiger partial charge in [-0.25, -0.2) is 0 Å². The summed E-state index contributed by atoms with van der Waals surface area (Å²) in [6.07, 6.45) is 4.13. The van der Waals surface area contributed by atoms with Crippen LogP contribution in [-0.2, 0) is 9.59 Å². The molecule has 1 saturated carbocycles. The number of hydrogen-bond acceptors (Lipinski definition) is 7. The third-order valence-corrected chi connectivity index (χ3v) is 8.88. The Labute approximate surface area is 227 Å². The minimum absolute atomic E-state index is 0.164. The molecule has 10 heteroatoms. The molecule has 3 fully saturated rings. The average Bonchev–Trinajstić information content (AvgIpc) is 3.61. The van der Waals surface area contributed by atoms with Gasteiger partial charge < -0.3 is 15.5 Å². The van der Waals surface area contributed by atoms with E-state index in [4.69, 9.17) is 0 Å². The number of fused-ring (bicyclic) bond motifs is 1. The summed E-state index contributed by atoms with van der Waals surface area (Å²) in [5, 5.41) is 35.8. The molecule has 0 bridgehead atoms. The van der Waals surface area contributed by atoms with Gasteiger partial charge in [0, 0.05) is 18.7 Å². The van der Waals surface area contributed by atoms with Crippen LogP contribution in [0.15, 0.2) is 54.6 Å². The van der Waals surface area contributed by atoms with Crippen LogP contribution in [0, 0.1) is 17.8 Å². The van der Waals surface area contributed by atoms with Crippen LogP contribution in [0.25, 0.3) is 22.5 Å². The predicted octanol–water partition coefficient (Wildman–Crippen LogP) is 3.19. The van der Waals surface area contributed by atoms with E-state index in [2.05, 4.69) is 37.8 Å². The topological polar surface area (TPSA) is 133 Å². The maximum Gasteiger partial charge on any atom is 0.321 e. The third-order valence-electron chi connectivity index (χ3n) is 8.88. The Morgan fingerprint density at radius 1 is 0.872 bits per heavy atom. The second-order valence-corrected chi connectivity index (χ2v) is 11.3. The first kappa shape index (κ1) is 25.6. The van der Waals surface area contributed by atoms with E-state index in [1.165, 1.54) is 0 Å². The quantitative estimate of drug-likeness (QED) is 0.421. The minimum atomic E-state index is -0.823. The van der Waals surface area contributed by atoms with Crippen molar-refractivity contribution in [1.82, 2.24) is 30.4 Å². The highest BCUT2D eigenvalue weighted by Gasteiger charge is 2.42. The minimum Gasteiger partial charge on any atom is -0.480 e. The van der Waals surface area contributed by atoms with Crippen molar-refractivity contribution in [3.63, 3.8) is 0 Å². The van der Waals surface area contributed by atoms with Gasteiger partial charge in [0.05, 0.1) is 6.04 Å². The van der Waals surface area contributed by atoms with Gasteiger partial charge >= 0.3 is 11.9 Å². The Kier molecular flexibility index (Phi) is 7.14. The Bertz CT molecular complexity index is 1310. The van der Waals surface area contributed by atoms with E-state index < -0.39 is 24.0 Å². The summed E-state index contributed by atoms with van der Waals surface area (Å²) in [5.74, 6) is 0.170. The number of nitrogens with one attached hydrogen (secondary N) is 1. The number of carbonyl (C=O) groups is 2. The fourth-order valence-electron chi connectivity index (χ4n) is 6.79. The number of hydrogen-bond donors (Lipinski definition) is 3. The van der Waals surface area contributed by atoms with Gasteiger partial charge in [-0.2, -0.15) is 4.80 Å². The molecule has 6 atom stereocenters. The zero-order valence-corrected chi connectivity index (χ0v) is 21.8. The molecule has 39 heavy (non-hydrogen) atoms. The van der Waals surface area contributed by atoms with Crippen LogP contribution in [0.5, 0.6) is 0 Å². The Balaban J connectivity index is 1.11. The molecule has 10 nitrogen and oxygen atoms in total. The molecule has 2 aromatic carbocycles. The van der Waals surface area contributed by atoms with E-state index in [-0.39, 0.29) is 6.04 Å². The molecular weight excluding hydrogens is 496 g/mol. The van der Waals surface area contributed by atoms with Crippen molar-refractivity contribution in [1.29, 1.82) is 0 Å². The summed E-state index contributed by atoms with van der Waals surface area (Å²) in [5.41, 5.74) is 3.12. The molecular formula is C29H34N6O4. The van der Waals surface area contributed by atoms with E-state index >= 15 is 0 Å². The zero-order valence-electron chi connectivity index (χ0n) is 21.8. The SMILES string of the molecule is O=C(O)C1CC2CC(CN3CC(n4nnc(-c5ccc(-c6ccccc6)cc5)n4)CC3C(=O)O)CCC2CN1. The summed E-state index contributed by atoms with van der Waals surface area (Å²) < 4.78 is 0. The molecule has 204 valence electrons. The van der Waals surface area contributed by atoms with Crippen LogP contribution < -0.4 is 5.32 Å². The summed E-state index contributed by atoms with van der Waals surface area (Å²) >= 11 is 0. The molecule has 0 radical (unpaired) electrons. The summed E-state index contributed by atoms with van der Waals surface area (Å²) in [6, 6.07) is 17.0. The van der Waals surface area contributed by atoms with E-state index in [0.717, 1.165) is 42.5 Å². The molecule has 0 spiro atoms. The highest BCUT2D eigenvalue weighted by atomic mass is 16.4. The van der Waals surface area contributed by atoms with Crippen molar-refractivity contribution in [2.75, 3.05) is 19.6 Å². The maximum absolute atomic E-state index is 12.2. The lowest BCUT2D eigenvalue weighted by Gasteiger charge is -2.42. The van der Waals surface area contributed by atoms with Crippen LogP contribution in [0.4, 0.5) is 0 Å². The molecule has 3 aromatic rings. The van der Waals surface area contributed by atoms with Crippen LogP contribution >= 0.6 is 0 Å². The molecule has 2 aliphatic heterocycles. The van der Waals surface area contributed by atoms with Crippen molar-refractivity contribution < 1.29 is 19.8 Å². The summed E-state index contributed by atoms with van der Waals surface area (Å²) in [7, 11) is 0. The number of aromatic nitrogens is 4. The van der Waals surface area contributed by atoms with Crippen molar-refractivity contribution in [2.24, 2.45) is 17.8 Å². The van der Waals surface area contributed by atoms with Gasteiger partial charge in [0.25, 0.3) is 0 Å². The smallest absolute Gasteiger partial charge is 0.321 e. The van der Waals surface area contributed by atoms with Crippen LogP contribution in [0.2, 0.25) is 0 Å². The summed E-state index contributed by atoms with van der Waals surface area (Å²) in [6.45, 7) is 2.02. The highest BCUT2D eigenvalue weighted by Crippen LogP contribution is 2.40. The van der Waals surface area contributed by atoms with Gasteiger partial charge in [-0.15, -0.1) is 10.2 Å². The summed E-state index contributed by atoms with van der Waals surface area (Å²) in [4.78, 5) is 27.3. The fraction of sp³-hybridized carbons (Fsp3) is 0.483. The van der Waals surface area contributed by atoms with E-state index in [1.54, 1.807) is 4.80 Å². The molecule has 1 aliphatic carbocycles. The van der Waals surface area contributed by atoms with Crippen LogP contribution in [0.1, 0.15) is 38.1 Å². The standard InChI is InChI=1S/C29H34N6O4/c36-28(37)25-13-23-12-18(6-7-22(23)15-30-25)16-34-17-24(14-26(34)29(38)39)35-32-27(31-33-35)21-10-8-20(9-11-21)19-4-2-1-3-5-19/h1-5,8-11,18,22-26,30H,6-7,12-17H2,(H,36,37)(H,38,39). The Morgan fingerprint density at radius 3 is 2.36 bits per heavy atom. The van der Waals surface area contributed by atoms with E-state index in [1.807, 2.05) is 42.5 Å². The number of piperidine rings is 1. The Hall–Kier alpha value is -3.63. The van der Waals surface area contributed by atoms with Crippen molar-refractivity contribution in [3.05, 3.63) is 54.6 Å². The molecule has 3 N–H and O–H groups in total. The molecule has 2 saturated heterocycles. The Morgan fingerprint density at radius 2 is 1.62 bits per heavy atom. The van der Waals surface area contributed by atoms with Crippen LogP contribution in [-0.4, -0.2) is 79.0 Å². The molecule has 6 unspecified atom stereocenters. The highest BCUT2D eigenvalue weighted by molar-refractivity contribution is 5.74. The number of rotatable bonds is 7. The van der Waals surface area contributed by atoms with E-state index in [9.17, 15) is 19.8 Å². The normalized spacial score (nSPS) is 29.1. The monoisotopic (exact) mass is 530 g/mol. The second kappa shape index (κ2) is 10.9. The van der Waals surface area contributed by atoms with Gasteiger partial charge in [0.1, 0.15) is 12.1 Å². The van der Waals surface area contributed by atoms with Gasteiger partial charge in [-0.05, 0) is 72.7 Å². The average molecular weight is 531 g/mol. The first-order chi connectivity index (χ1) is 18.9. The lowest BCUT2D eigenvalue weighted by Crippen LogP contribution is -2.50. The van der Waals surface area contributed by atoms with E-state index in [0.29, 0.717) is 49.5 Å². The predicted molar refractivity (Wildman–Crippen MR) is 144 cm³/mol. The molecule has 1 aromatic heterocycles. The van der Waals surface area contributed by atoms with Gasteiger partial charge in [-0.1, -0.05) is 54.6 Å². The van der Waals surface area contributed by atoms with Gasteiger partial charge in [-0.3, -0.25) is 14.5 Å². The number of carboxylic acid groups (broad SMARTS) is 2. The molecule has 0 amide bonds. The van der Waals surface area contributed by atoms with Gasteiger partial charge in [0.2, 0.25) is 5.82 Å². The van der Waals surface area contributed by atoms with Crippen molar-refractivity contribution >= 4 is 11.9 Å². The van der Waals surface area contributed by atoms with Gasteiger partial charge in [0.15, 0.2) is 0 Å². The third kappa shape index (κ3) is 5.44. The largest absolute Gasteiger partial charge is 0.480 e. The second-order valence-electron chi connectivity index (χ2n) is 11.3. The lowest BCUT2D eigenvalue weighted by molar-refractivity contribution is -0.143. The number of tetrazole rings is 1. The van der Waals surface area contributed by atoms with Crippen LogP contribution in [0.3, 0.4) is 0 Å². The number of aliphatic carboxylic acids is 2. The van der Waals surface area contributed by atoms with Crippen molar-refractivity contribution in [2.45, 2.75) is 50.2 Å².